The monoisotopic (exact) mass is 1240 g/mol. The van der Waals surface area contributed by atoms with Gasteiger partial charge < -0.3 is 27.9 Å². The average molecular weight is 1240 g/mol. The maximum absolute atomic E-state index is 12.9. The molecule has 0 spiro atoms. The minimum Gasteiger partial charge on any atom is -0.756 e. The highest BCUT2D eigenvalue weighted by atomic mass is 31.2. The first-order valence-electron chi connectivity index (χ1n) is 35.2. The van der Waals surface area contributed by atoms with Gasteiger partial charge in [-0.25, -0.2) is 0 Å². The van der Waals surface area contributed by atoms with E-state index in [0.29, 0.717) is 17.4 Å². The van der Waals surface area contributed by atoms with Gasteiger partial charge in [-0.3, -0.25) is 14.2 Å². The third-order valence-electron chi connectivity index (χ3n) is 14.5. The summed E-state index contributed by atoms with van der Waals surface area (Å²) in [6.45, 7) is 4.00. The summed E-state index contributed by atoms with van der Waals surface area (Å²) in [5.74, 6) is -0.850. The molecule has 88 heavy (non-hydrogen) atoms. The standard InChI is InChI=1S/C78H130NO8P/c1-6-8-10-12-14-16-18-20-22-24-26-28-30-32-34-36-37-38-39-40-41-43-44-46-48-50-52-54-56-58-60-62-64-66-68-70-77(80)84-74-76(75-86-88(82,83)85-73-72-79(3,4)5)87-78(81)71-69-67-65-63-61-59-57-55-53-51-49-47-45-42-35-33-31-29-27-25-23-21-19-17-15-13-11-9-7-2/h8-11,14-17,20-23,26-29,32-35,37-38,45,47,51,53,76H,6-7,12-13,18-19,24-25,30-31,36,39-44,46,48-50,52,54-75H2,1-5H3/b10-8-,11-9-,16-14-,17-15-,22-20-,23-21-,28-26-,29-27-,34-32-,35-33-,38-37-,47-45-,53-51-. The van der Waals surface area contributed by atoms with Crippen LogP contribution in [0.3, 0.4) is 0 Å². The zero-order valence-electron chi connectivity index (χ0n) is 56.9. The van der Waals surface area contributed by atoms with Gasteiger partial charge in [0.2, 0.25) is 0 Å². The molecular formula is C78H130NO8P. The zero-order valence-corrected chi connectivity index (χ0v) is 57.8. The third kappa shape index (κ3) is 70.7. The summed E-state index contributed by atoms with van der Waals surface area (Å²) in [4.78, 5) is 38.1. The molecule has 0 rings (SSSR count). The predicted octanol–water partition coefficient (Wildman–Crippen LogP) is 22.5. The molecule has 2 unspecified atom stereocenters. The van der Waals surface area contributed by atoms with Crippen molar-refractivity contribution in [2.24, 2.45) is 0 Å². The van der Waals surface area contributed by atoms with Gasteiger partial charge in [-0.15, -0.1) is 0 Å². The van der Waals surface area contributed by atoms with Gasteiger partial charge in [-0.1, -0.05) is 294 Å². The van der Waals surface area contributed by atoms with Crippen LogP contribution in [0.4, 0.5) is 0 Å². The molecule has 0 N–H and O–H groups in total. The van der Waals surface area contributed by atoms with E-state index < -0.39 is 26.5 Å². The molecule has 2 atom stereocenters. The Hall–Kier alpha value is -4.37. The van der Waals surface area contributed by atoms with E-state index in [9.17, 15) is 19.0 Å². The van der Waals surface area contributed by atoms with Gasteiger partial charge in [0, 0.05) is 12.8 Å². The van der Waals surface area contributed by atoms with Crippen molar-refractivity contribution < 1.29 is 42.1 Å². The van der Waals surface area contributed by atoms with E-state index in [0.717, 1.165) is 135 Å². The summed E-state index contributed by atoms with van der Waals surface area (Å²) >= 11 is 0. The zero-order chi connectivity index (χ0) is 64.1. The maximum atomic E-state index is 12.9. The van der Waals surface area contributed by atoms with E-state index in [1.807, 2.05) is 21.1 Å². The predicted molar refractivity (Wildman–Crippen MR) is 378 cm³/mol. The van der Waals surface area contributed by atoms with Crippen molar-refractivity contribution in [2.75, 3.05) is 47.5 Å². The first kappa shape index (κ1) is 83.6. The second kappa shape index (κ2) is 67.0. The van der Waals surface area contributed by atoms with Crippen LogP contribution in [0.15, 0.2) is 158 Å². The van der Waals surface area contributed by atoms with Crippen LogP contribution in [0.5, 0.6) is 0 Å². The van der Waals surface area contributed by atoms with Crippen LogP contribution >= 0.6 is 7.82 Å². The van der Waals surface area contributed by atoms with Gasteiger partial charge in [-0.05, 0) is 122 Å². The van der Waals surface area contributed by atoms with E-state index in [2.05, 4.69) is 172 Å². The molecule has 9 nitrogen and oxygen atoms in total. The highest BCUT2D eigenvalue weighted by Gasteiger charge is 2.22. The molecule has 0 heterocycles. The van der Waals surface area contributed by atoms with Gasteiger partial charge in [0.1, 0.15) is 19.8 Å². The van der Waals surface area contributed by atoms with E-state index in [1.54, 1.807) is 0 Å². The molecule has 0 amide bonds. The Morgan fingerprint density at radius 3 is 0.909 bits per heavy atom. The summed E-state index contributed by atoms with van der Waals surface area (Å²) in [5.41, 5.74) is 0. The van der Waals surface area contributed by atoms with Crippen molar-refractivity contribution >= 4 is 19.8 Å². The van der Waals surface area contributed by atoms with Crippen molar-refractivity contribution in [1.82, 2.24) is 0 Å². The van der Waals surface area contributed by atoms with Crippen LogP contribution < -0.4 is 4.89 Å². The Morgan fingerprint density at radius 1 is 0.352 bits per heavy atom. The number of allylic oxidation sites excluding steroid dienone is 26. The molecule has 0 aliphatic heterocycles. The fourth-order valence-electron chi connectivity index (χ4n) is 9.23. The first-order valence-corrected chi connectivity index (χ1v) is 36.7. The van der Waals surface area contributed by atoms with Crippen molar-refractivity contribution in [3.63, 3.8) is 0 Å². The smallest absolute Gasteiger partial charge is 0.306 e. The molecule has 0 radical (unpaired) electrons. The van der Waals surface area contributed by atoms with Gasteiger partial charge >= 0.3 is 11.9 Å². The Balaban J connectivity index is 4.10. The van der Waals surface area contributed by atoms with Crippen molar-refractivity contribution in [3.05, 3.63) is 158 Å². The van der Waals surface area contributed by atoms with Crippen LogP contribution in [-0.4, -0.2) is 70.0 Å². The number of hydrogen-bond donors (Lipinski definition) is 0. The number of likely N-dealkylation sites (N-methyl/N-ethyl adjacent to an activating group) is 1. The lowest BCUT2D eigenvalue weighted by atomic mass is 10.0. The van der Waals surface area contributed by atoms with E-state index in [1.165, 1.54) is 103 Å². The second-order valence-electron chi connectivity index (χ2n) is 24.1. The Kier molecular flexibility index (Phi) is 63.7. The second-order valence-corrected chi connectivity index (χ2v) is 25.5. The quantitative estimate of drug-likeness (QED) is 0.0195. The molecule has 0 aromatic heterocycles. The van der Waals surface area contributed by atoms with Crippen molar-refractivity contribution in [2.45, 2.75) is 277 Å². The summed E-state index contributed by atoms with van der Waals surface area (Å²) in [5, 5.41) is 0. The van der Waals surface area contributed by atoms with E-state index >= 15 is 0 Å². The van der Waals surface area contributed by atoms with E-state index in [-0.39, 0.29) is 32.0 Å². The molecule has 0 bridgehead atoms. The van der Waals surface area contributed by atoms with Crippen LogP contribution in [0.1, 0.15) is 271 Å². The number of hydrogen-bond acceptors (Lipinski definition) is 8. The van der Waals surface area contributed by atoms with Gasteiger partial charge in [0.25, 0.3) is 7.82 Å². The summed E-state index contributed by atoms with van der Waals surface area (Å²) in [6, 6.07) is 0. The topological polar surface area (TPSA) is 111 Å². The summed E-state index contributed by atoms with van der Waals surface area (Å²) in [6.07, 6.45) is 100. The lowest BCUT2D eigenvalue weighted by Crippen LogP contribution is -2.37. The molecule has 0 aliphatic rings. The minimum absolute atomic E-state index is 0.0404. The number of carbonyl (C=O) groups is 2. The molecule has 0 aliphatic carbocycles. The maximum Gasteiger partial charge on any atom is 0.306 e. The number of esters is 2. The van der Waals surface area contributed by atoms with Crippen LogP contribution in [0.2, 0.25) is 0 Å². The van der Waals surface area contributed by atoms with Crippen molar-refractivity contribution in [3.8, 4) is 0 Å². The van der Waals surface area contributed by atoms with Crippen molar-refractivity contribution in [1.29, 1.82) is 0 Å². The Bertz CT molecular complexity index is 2040. The number of quaternary nitrogens is 1. The highest BCUT2D eigenvalue weighted by Crippen LogP contribution is 2.38. The molecule has 0 saturated heterocycles. The molecule has 0 saturated carbocycles. The Labute approximate surface area is 541 Å². The normalized spacial score (nSPS) is 14.1. The molecular weight excluding hydrogens is 1110 g/mol. The fourth-order valence-corrected chi connectivity index (χ4v) is 9.96. The number of phosphoric ester groups is 1. The minimum atomic E-state index is -4.66. The van der Waals surface area contributed by atoms with E-state index in [4.69, 9.17) is 18.5 Å². The lowest BCUT2D eigenvalue weighted by molar-refractivity contribution is -0.870. The Morgan fingerprint density at radius 2 is 0.614 bits per heavy atom. The highest BCUT2D eigenvalue weighted by molar-refractivity contribution is 7.45. The molecule has 0 aromatic carbocycles. The molecule has 10 heteroatoms. The average Bonchev–Trinajstić information content (AvgIpc) is 3.68. The molecule has 0 fully saturated rings. The molecule has 0 aromatic rings. The fraction of sp³-hybridized carbons (Fsp3) is 0.641. The van der Waals surface area contributed by atoms with Crippen LogP contribution in [0.25, 0.3) is 0 Å². The SMILES string of the molecule is CC/C=C\C/C=C\C/C=C\C/C=C\C/C=C\C/C=C\C/C=C\CCCCCCCCCC(=O)OC(COC(=O)CCCCCCCCCCCCCCCCCC/C=C\C/C=C\C/C=C\C/C=C\C/C=C\C/C=C\CC)COP(=O)([O-])OCC[N+](C)(C)C. The van der Waals surface area contributed by atoms with Crippen LogP contribution in [0, 0.1) is 0 Å². The van der Waals surface area contributed by atoms with Gasteiger partial charge in [0.05, 0.1) is 27.7 Å². The number of carbonyl (C=O) groups excluding carboxylic acids is 2. The lowest BCUT2D eigenvalue weighted by Gasteiger charge is -2.28. The number of nitrogens with zero attached hydrogens (tertiary/aromatic N) is 1. The molecule has 500 valence electrons. The van der Waals surface area contributed by atoms with Gasteiger partial charge in [-0.2, -0.15) is 0 Å². The third-order valence-corrected chi connectivity index (χ3v) is 15.5. The van der Waals surface area contributed by atoms with Crippen LogP contribution in [-0.2, 0) is 32.7 Å². The first-order chi connectivity index (χ1) is 43.0. The number of unbranched alkanes of at least 4 members (excludes halogenated alkanes) is 23. The summed E-state index contributed by atoms with van der Waals surface area (Å²) < 4.78 is 34.3. The number of ether oxygens (including phenoxy) is 2. The van der Waals surface area contributed by atoms with Gasteiger partial charge in [0.15, 0.2) is 6.10 Å². The number of rotatable bonds is 63. The largest absolute Gasteiger partial charge is 0.756 e. The summed E-state index contributed by atoms with van der Waals surface area (Å²) in [7, 11) is 1.14. The number of phosphoric acid groups is 1.